The van der Waals surface area contributed by atoms with Crippen LogP contribution >= 0.6 is 0 Å². The number of rotatable bonds is 2. The number of aromatic nitrogens is 6. The van der Waals surface area contributed by atoms with Gasteiger partial charge in [-0.15, -0.1) is 10.2 Å². The Bertz CT molecular complexity index is 361. The Labute approximate surface area is 72.0 Å². The van der Waals surface area contributed by atoms with Crippen molar-refractivity contribution >= 4 is 23.8 Å². The first kappa shape index (κ1) is 7.34. The number of H-pyrrole nitrogens is 2. The van der Waals surface area contributed by atoms with Gasteiger partial charge in [-0.25, -0.2) is 10.2 Å². The highest BCUT2D eigenvalue weighted by Crippen LogP contribution is 2.07. The molecule has 7 N–H and O–H groups in total. The van der Waals surface area contributed by atoms with Crippen LogP contribution in [0.25, 0.3) is 0 Å². The van der Waals surface area contributed by atoms with Gasteiger partial charge in [0.25, 0.3) is 11.9 Å². The fraction of sp³-hybridized carbons (Fsp3) is 0. The van der Waals surface area contributed by atoms with Gasteiger partial charge in [-0.1, -0.05) is 0 Å². The van der Waals surface area contributed by atoms with Crippen molar-refractivity contribution in [1.29, 1.82) is 0 Å². The SMILES string of the molecule is Nc1nc(Nc2n[nH]c(N)n2)n[nH]1. The fourth-order valence-electron chi connectivity index (χ4n) is 0.760. The Balaban J connectivity index is 2.14. The van der Waals surface area contributed by atoms with Crippen molar-refractivity contribution in [2.45, 2.75) is 0 Å². The van der Waals surface area contributed by atoms with Gasteiger partial charge in [0.1, 0.15) is 0 Å². The summed E-state index contributed by atoms with van der Waals surface area (Å²) >= 11 is 0. The average Bonchev–Trinajstić information content (AvgIpc) is 2.62. The normalized spacial score (nSPS) is 10.2. The van der Waals surface area contributed by atoms with Crippen LogP contribution in [-0.2, 0) is 0 Å². The second kappa shape index (κ2) is 2.62. The Morgan fingerprint density at radius 2 is 1.38 bits per heavy atom. The lowest BCUT2D eigenvalue weighted by atomic mass is 10.9. The molecule has 0 aliphatic carbocycles. The van der Waals surface area contributed by atoms with E-state index in [0.717, 1.165) is 0 Å². The quantitative estimate of drug-likeness (QED) is 0.392. The van der Waals surface area contributed by atoms with Crippen LogP contribution in [0, 0.1) is 0 Å². The predicted molar refractivity (Wildman–Crippen MR) is 44.9 cm³/mol. The number of nitrogens with zero attached hydrogens (tertiary/aromatic N) is 4. The van der Waals surface area contributed by atoms with Crippen LogP contribution in [-0.4, -0.2) is 30.4 Å². The molecule has 0 aliphatic rings. The van der Waals surface area contributed by atoms with E-state index in [1.807, 2.05) is 0 Å². The summed E-state index contributed by atoms with van der Waals surface area (Å²) in [5.41, 5.74) is 10.6. The van der Waals surface area contributed by atoms with E-state index in [0.29, 0.717) is 0 Å². The van der Waals surface area contributed by atoms with Gasteiger partial charge in [0.15, 0.2) is 0 Å². The van der Waals surface area contributed by atoms with Gasteiger partial charge in [-0.3, -0.25) is 5.32 Å². The van der Waals surface area contributed by atoms with Crippen LogP contribution < -0.4 is 16.8 Å². The third-order valence-corrected chi connectivity index (χ3v) is 1.23. The summed E-state index contributed by atoms with van der Waals surface area (Å²) in [6.07, 6.45) is 0. The van der Waals surface area contributed by atoms with E-state index in [4.69, 9.17) is 11.5 Å². The van der Waals surface area contributed by atoms with Crippen LogP contribution in [0.1, 0.15) is 0 Å². The largest absolute Gasteiger partial charge is 0.368 e. The minimum atomic E-state index is 0.214. The summed E-state index contributed by atoms with van der Waals surface area (Å²) in [5, 5.41) is 15.0. The van der Waals surface area contributed by atoms with Crippen LogP contribution in [0.5, 0.6) is 0 Å². The fourth-order valence-corrected chi connectivity index (χ4v) is 0.760. The minimum Gasteiger partial charge on any atom is -0.368 e. The van der Waals surface area contributed by atoms with Gasteiger partial charge < -0.3 is 11.5 Å². The molecule has 0 radical (unpaired) electrons. The molecule has 0 bridgehead atoms. The third kappa shape index (κ3) is 1.47. The molecule has 2 aromatic rings. The minimum absolute atomic E-state index is 0.214. The van der Waals surface area contributed by atoms with E-state index in [1.165, 1.54) is 0 Å². The van der Waals surface area contributed by atoms with E-state index in [-0.39, 0.29) is 23.8 Å². The molecule has 0 unspecified atom stereocenters. The Kier molecular flexibility index (Phi) is 1.48. The molecule has 0 aromatic carbocycles. The zero-order valence-electron chi connectivity index (χ0n) is 6.44. The van der Waals surface area contributed by atoms with Gasteiger partial charge in [-0.05, 0) is 0 Å². The number of nitrogen functional groups attached to an aromatic ring is 2. The third-order valence-electron chi connectivity index (χ3n) is 1.23. The maximum absolute atomic E-state index is 5.29. The maximum atomic E-state index is 5.29. The molecule has 0 amide bonds. The molecule has 2 aromatic heterocycles. The standard InChI is InChI=1S/C4H7N9/c5-1-7-3(12-10-1)9-4-8-2(6)11-13-4/h(H7,5,6,7,8,9,10,11,12,13). The van der Waals surface area contributed by atoms with Crippen molar-refractivity contribution < 1.29 is 0 Å². The second-order valence-corrected chi connectivity index (χ2v) is 2.21. The van der Waals surface area contributed by atoms with Crippen LogP contribution in [0.3, 0.4) is 0 Å². The van der Waals surface area contributed by atoms with Gasteiger partial charge in [0, 0.05) is 0 Å². The van der Waals surface area contributed by atoms with Gasteiger partial charge >= 0.3 is 0 Å². The predicted octanol–water partition coefficient (Wildman–Crippen LogP) is -1.17. The van der Waals surface area contributed by atoms with Crippen molar-refractivity contribution in [2.75, 3.05) is 16.8 Å². The van der Waals surface area contributed by atoms with Crippen molar-refractivity contribution in [3.8, 4) is 0 Å². The molecular formula is C4H7N9. The number of aromatic amines is 2. The summed E-state index contributed by atoms with van der Waals surface area (Å²) in [6.45, 7) is 0. The zero-order valence-corrected chi connectivity index (χ0v) is 6.44. The zero-order chi connectivity index (χ0) is 9.26. The van der Waals surface area contributed by atoms with E-state index in [9.17, 15) is 0 Å². The number of hydrogen-bond acceptors (Lipinski definition) is 7. The molecule has 2 rings (SSSR count). The first-order valence-electron chi connectivity index (χ1n) is 3.37. The highest BCUT2D eigenvalue weighted by Gasteiger charge is 2.03. The topological polar surface area (TPSA) is 147 Å². The lowest BCUT2D eigenvalue weighted by molar-refractivity contribution is 1.07. The number of nitrogens with two attached hydrogens (primary N) is 2. The number of anilines is 4. The first-order chi connectivity index (χ1) is 6.24. The summed E-state index contributed by atoms with van der Waals surface area (Å²) in [7, 11) is 0. The maximum Gasteiger partial charge on any atom is 0.250 e. The molecular weight excluding hydrogens is 174 g/mol. The first-order valence-corrected chi connectivity index (χ1v) is 3.37. The molecule has 68 valence electrons. The van der Waals surface area contributed by atoms with Crippen molar-refractivity contribution in [2.24, 2.45) is 0 Å². The summed E-state index contributed by atoms with van der Waals surface area (Å²) in [5.74, 6) is 1.00. The molecule has 0 saturated heterocycles. The van der Waals surface area contributed by atoms with E-state index in [1.54, 1.807) is 0 Å². The second-order valence-electron chi connectivity index (χ2n) is 2.21. The lowest BCUT2D eigenvalue weighted by Gasteiger charge is -1.90. The van der Waals surface area contributed by atoms with Gasteiger partial charge in [0.2, 0.25) is 11.9 Å². The van der Waals surface area contributed by atoms with E-state index < -0.39 is 0 Å². The molecule has 0 fully saturated rings. The van der Waals surface area contributed by atoms with Crippen LogP contribution in [0.15, 0.2) is 0 Å². The summed E-state index contributed by atoms with van der Waals surface area (Å²) in [6, 6.07) is 0. The molecule has 0 atom stereocenters. The molecule has 0 aliphatic heterocycles. The summed E-state index contributed by atoms with van der Waals surface area (Å²) in [4.78, 5) is 7.56. The molecule has 0 spiro atoms. The Hall–Kier alpha value is -2.32. The Morgan fingerprint density at radius 1 is 0.923 bits per heavy atom. The number of hydrogen-bond donors (Lipinski definition) is 5. The van der Waals surface area contributed by atoms with Crippen LogP contribution in [0.4, 0.5) is 23.8 Å². The van der Waals surface area contributed by atoms with Crippen molar-refractivity contribution in [1.82, 2.24) is 30.4 Å². The van der Waals surface area contributed by atoms with Crippen LogP contribution in [0.2, 0.25) is 0 Å². The smallest absolute Gasteiger partial charge is 0.250 e. The monoisotopic (exact) mass is 181 g/mol. The highest BCUT2D eigenvalue weighted by molar-refractivity contribution is 5.44. The average molecular weight is 181 g/mol. The molecule has 9 heteroatoms. The number of nitrogens with one attached hydrogen (secondary N) is 3. The summed E-state index contributed by atoms with van der Waals surface area (Å²) < 4.78 is 0. The lowest BCUT2D eigenvalue weighted by Crippen LogP contribution is -1.95. The Morgan fingerprint density at radius 3 is 1.69 bits per heavy atom. The van der Waals surface area contributed by atoms with E-state index >= 15 is 0 Å². The van der Waals surface area contributed by atoms with Gasteiger partial charge in [0.05, 0.1) is 0 Å². The van der Waals surface area contributed by atoms with Crippen molar-refractivity contribution in [3.63, 3.8) is 0 Å². The molecule has 13 heavy (non-hydrogen) atoms. The molecule has 9 nitrogen and oxygen atoms in total. The van der Waals surface area contributed by atoms with Gasteiger partial charge in [-0.2, -0.15) is 9.97 Å². The van der Waals surface area contributed by atoms with E-state index in [2.05, 4.69) is 35.7 Å². The van der Waals surface area contributed by atoms with Crippen molar-refractivity contribution in [3.05, 3.63) is 0 Å². The molecule has 0 saturated carbocycles. The highest BCUT2D eigenvalue weighted by atomic mass is 15.4. The molecule has 2 heterocycles.